The molecule has 0 aliphatic rings. The zero-order valence-electron chi connectivity index (χ0n) is 17.2. The third-order valence-corrected chi connectivity index (χ3v) is 5.70. The van der Waals surface area contributed by atoms with E-state index in [1.807, 2.05) is 0 Å². The first-order chi connectivity index (χ1) is 14.2. The smallest absolute Gasteiger partial charge is 0.275 e. The number of benzene rings is 1. The van der Waals surface area contributed by atoms with Gasteiger partial charge in [-0.05, 0) is 45.9 Å². The van der Waals surface area contributed by atoms with Crippen LogP contribution in [0.2, 0.25) is 10.0 Å². The van der Waals surface area contributed by atoms with Crippen molar-refractivity contribution in [1.82, 2.24) is 24.6 Å². The topological polar surface area (TPSA) is 67.2 Å². The summed E-state index contributed by atoms with van der Waals surface area (Å²) in [7, 11) is 0. The Balaban J connectivity index is 1.88. The van der Waals surface area contributed by atoms with Crippen molar-refractivity contribution < 1.29 is 4.79 Å². The van der Waals surface area contributed by atoms with E-state index in [4.69, 9.17) is 35.0 Å². The Morgan fingerprint density at radius 2 is 1.83 bits per heavy atom. The van der Waals surface area contributed by atoms with Crippen molar-refractivity contribution in [2.75, 3.05) is 11.0 Å². The van der Waals surface area contributed by atoms with Crippen LogP contribution in [0.1, 0.15) is 38.1 Å². The van der Waals surface area contributed by atoms with E-state index >= 15 is 0 Å². The first kappa shape index (κ1) is 22.7. The summed E-state index contributed by atoms with van der Waals surface area (Å²) in [6.45, 7) is 10.1. The Hall–Kier alpha value is -1.93. The summed E-state index contributed by atoms with van der Waals surface area (Å²) in [5.41, 5.74) is 0.827. The number of nitrogens with zero attached hydrogens (tertiary/aromatic N) is 6. The maximum Gasteiger partial charge on any atom is 0.275 e. The minimum atomic E-state index is -0.517. The molecule has 3 rings (SSSR count). The minimum absolute atomic E-state index is 0.210. The van der Waals surface area contributed by atoms with Gasteiger partial charge in [0, 0.05) is 35.4 Å². The van der Waals surface area contributed by atoms with E-state index in [-0.39, 0.29) is 16.4 Å². The Morgan fingerprint density at radius 3 is 2.47 bits per heavy atom. The van der Waals surface area contributed by atoms with Gasteiger partial charge in [-0.3, -0.25) is 9.69 Å². The van der Waals surface area contributed by atoms with Crippen molar-refractivity contribution in [3.05, 3.63) is 46.3 Å². The lowest BCUT2D eigenvalue weighted by Crippen LogP contribution is -2.39. The molecule has 0 bridgehead atoms. The van der Waals surface area contributed by atoms with Crippen LogP contribution in [0.4, 0.5) is 5.82 Å². The van der Waals surface area contributed by atoms with E-state index in [1.165, 1.54) is 18.5 Å². The van der Waals surface area contributed by atoms with Gasteiger partial charge in [0.1, 0.15) is 6.33 Å². The van der Waals surface area contributed by atoms with Gasteiger partial charge in [-0.2, -0.15) is 9.52 Å². The van der Waals surface area contributed by atoms with Crippen LogP contribution in [0.15, 0.2) is 30.7 Å². The highest BCUT2D eigenvalue weighted by molar-refractivity contribution is 6.43. The summed E-state index contributed by atoms with van der Waals surface area (Å²) in [6.07, 6.45) is 2.98. The second kappa shape index (κ2) is 9.47. The van der Waals surface area contributed by atoms with Gasteiger partial charge in [0.2, 0.25) is 0 Å². The number of halogens is 3. The van der Waals surface area contributed by atoms with Gasteiger partial charge >= 0.3 is 0 Å². The lowest BCUT2D eigenvalue weighted by molar-refractivity contribution is 0.101. The quantitative estimate of drug-likeness (QED) is 0.453. The number of aromatic nitrogens is 4. The van der Waals surface area contributed by atoms with Crippen LogP contribution in [0.5, 0.6) is 0 Å². The molecule has 30 heavy (non-hydrogen) atoms. The number of fused-ring (bicyclic) bond motifs is 1. The fraction of sp³-hybridized carbons (Fsp3) is 0.400. The number of carbonyl (C=O) groups excluding carboxylic acids is 1. The lowest BCUT2D eigenvalue weighted by atomic mass is 10.2. The Bertz CT molecular complexity index is 1040. The molecule has 7 nitrogen and oxygen atoms in total. The molecule has 2 aromatic heterocycles. The monoisotopic (exact) mass is 468 g/mol. The fourth-order valence-electron chi connectivity index (χ4n) is 3.39. The molecule has 0 atom stereocenters. The normalized spacial score (nSPS) is 11.8. The van der Waals surface area contributed by atoms with Crippen LogP contribution < -0.4 is 4.42 Å². The van der Waals surface area contributed by atoms with Crippen molar-refractivity contribution >= 4 is 57.7 Å². The van der Waals surface area contributed by atoms with Gasteiger partial charge in [0.25, 0.3) is 5.91 Å². The van der Waals surface area contributed by atoms with Crippen molar-refractivity contribution in [3.63, 3.8) is 0 Å². The standard InChI is InChI=1S/C20H23Cl3N6O/c1-12(2)27(13(3)4)7-8-28-18-16(10-26-28)19(25-11-24-18)29(23)20(30)15-6-5-14(21)9-17(15)22/h5-6,9-13H,7-8H2,1-4H3. The van der Waals surface area contributed by atoms with E-state index in [1.54, 1.807) is 16.9 Å². The zero-order valence-corrected chi connectivity index (χ0v) is 19.4. The zero-order chi connectivity index (χ0) is 22.0. The molecule has 160 valence electrons. The van der Waals surface area contributed by atoms with Crippen molar-refractivity contribution in [2.45, 2.75) is 46.3 Å². The Labute approximate surface area is 190 Å². The number of amides is 1. The van der Waals surface area contributed by atoms with Gasteiger partial charge in [0.15, 0.2) is 11.5 Å². The largest absolute Gasteiger partial charge is 0.297 e. The fourth-order valence-corrected chi connectivity index (χ4v) is 4.10. The molecule has 0 N–H and O–H groups in total. The summed E-state index contributed by atoms with van der Waals surface area (Å²) in [5.74, 6) is -0.273. The highest BCUT2D eigenvalue weighted by atomic mass is 35.5. The molecule has 0 unspecified atom stereocenters. The van der Waals surface area contributed by atoms with E-state index < -0.39 is 5.91 Å². The van der Waals surface area contributed by atoms with Crippen LogP contribution in [-0.4, -0.2) is 49.2 Å². The van der Waals surface area contributed by atoms with Crippen LogP contribution in [-0.2, 0) is 6.54 Å². The Morgan fingerprint density at radius 1 is 1.13 bits per heavy atom. The van der Waals surface area contributed by atoms with Crippen LogP contribution in [0.25, 0.3) is 11.0 Å². The van der Waals surface area contributed by atoms with Crippen LogP contribution in [0.3, 0.4) is 0 Å². The molecular weight excluding hydrogens is 447 g/mol. The number of hydrogen-bond donors (Lipinski definition) is 0. The molecule has 0 aliphatic heterocycles. The minimum Gasteiger partial charge on any atom is -0.297 e. The highest BCUT2D eigenvalue weighted by Gasteiger charge is 2.23. The third-order valence-electron chi connectivity index (χ3n) is 4.83. The van der Waals surface area contributed by atoms with Crippen molar-refractivity contribution in [2.24, 2.45) is 0 Å². The van der Waals surface area contributed by atoms with E-state index in [9.17, 15) is 4.79 Å². The van der Waals surface area contributed by atoms with Gasteiger partial charge in [-0.25, -0.2) is 14.6 Å². The van der Waals surface area contributed by atoms with Crippen LogP contribution in [0, 0.1) is 0 Å². The van der Waals surface area contributed by atoms with Crippen molar-refractivity contribution in [1.29, 1.82) is 0 Å². The molecule has 2 heterocycles. The molecule has 0 saturated heterocycles. The maximum absolute atomic E-state index is 12.9. The summed E-state index contributed by atoms with van der Waals surface area (Å²) in [6, 6.07) is 5.42. The summed E-state index contributed by atoms with van der Waals surface area (Å²) < 4.78 is 2.72. The molecule has 1 amide bonds. The second-order valence-electron chi connectivity index (χ2n) is 7.44. The third kappa shape index (κ3) is 4.70. The van der Waals surface area contributed by atoms with Gasteiger partial charge in [-0.1, -0.05) is 23.2 Å². The summed E-state index contributed by atoms with van der Waals surface area (Å²) in [4.78, 5) is 23.8. The molecule has 0 fully saturated rings. The van der Waals surface area contributed by atoms with E-state index in [2.05, 4.69) is 47.7 Å². The lowest BCUT2D eigenvalue weighted by Gasteiger charge is -2.30. The molecular formula is C20H23Cl3N6O. The molecule has 0 radical (unpaired) electrons. The number of anilines is 1. The van der Waals surface area contributed by atoms with E-state index in [0.29, 0.717) is 34.7 Å². The summed E-state index contributed by atoms with van der Waals surface area (Å²) in [5, 5.41) is 5.65. The first-order valence-corrected chi connectivity index (χ1v) is 10.7. The second-order valence-corrected chi connectivity index (χ2v) is 8.62. The molecule has 10 heteroatoms. The van der Waals surface area contributed by atoms with E-state index in [0.717, 1.165) is 11.0 Å². The van der Waals surface area contributed by atoms with Gasteiger partial charge < -0.3 is 0 Å². The van der Waals surface area contributed by atoms with Crippen molar-refractivity contribution in [3.8, 4) is 0 Å². The molecule has 0 spiro atoms. The highest BCUT2D eigenvalue weighted by Crippen LogP contribution is 2.28. The van der Waals surface area contributed by atoms with Crippen LogP contribution >= 0.6 is 35.0 Å². The van der Waals surface area contributed by atoms with Gasteiger partial charge in [0.05, 0.1) is 28.7 Å². The number of rotatable bonds is 7. The molecule has 0 saturated carbocycles. The van der Waals surface area contributed by atoms with Gasteiger partial charge in [-0.15, -0.1) is 0 Å². The molecule has 0 aliphatic carbocycles. The number of carbonyl (C=O) groups is 1. The average Bonchev–Trinajstić information content (AvgIpc) is 3.10. The molecule has 1 aromatic carbocycles. The predicted octanol–water partition coefficient (Wildman–Crippen LogP) is 5.05. The number of hydrogen-bond acceptors (Lipinski definition) is 5. The predicted molar refractivity (Wildman–Crippen MR) is 121 cm³/mol. The SMILES string of the molecule is CC(C)N(CCn1ncc2c(N(Cl)C(=O)c3ccc(Cl)cc3Cl)ncnc21)C(C)C. The average molecular weight is 470 g/mol. The first-order valence-electron chi connectivity index (χ1n) is 9.58. The summed E-state index contributed by atoms with van der Waals surface area (Å²) >= 11 is 18.4. The maximum atomic E-state index is 12.9. The Kier molecular flexibility index (Phi) is 7.18. The molecule has 3 aromatic rings.